The summed E-state index contributed by atoms with van der Waals surface area (Å²) < 4.78 is 13.2. The molecule has 1 heterocycles. The Morgan fingerprint density at radius 1 is 1.25 bits per heavy atom. The van der Waals surface area contributed by atoms with Crippen LogP contribution in [0.4, 0.5) is 4.39 Å². The van der Waals surface area contributed by atoms with E-state index >= 15 is 0 Å². The number of aliphatic hydroxyl groups is 1. The van der Waals surface area contributed by atoms with E-state index in [1.165, 1.54) is 12.1 Å². The average molecular weight is 334 g/mol. The number of hydrogen-bond donors (Lipinski definition) is 2. The van der Waals surface area contributed by atoms with Crippen molar-refractivity contribution in [1.82, 2.24) is 10.2 Å². The lowest BCUT2D eigenvalue weighted by Gasteiger charge is -2.31. The topological polar surface area (TPSA) is 69.6 Å². The Balaban J connectivity index is 1.77. The van der Waals surface area contributed by atoms with Gasteiger partial charge in [0.05, 0.1) is 24.1 Å². The van der Waals surface area contributed by atoms with E-state index in [0.29, 0.717) is 6.42 Å². The van der Waals surface area contributed by atoms with Crippen molar-refractivity contribution in [3.8, 4) is 0 Å². The van der Waals surface area contributed by atoms with Crippen LogP contribution in [0.1, 0.15) is 43.7 Å². The molecule has 2 N–H and O–H groups in total. The monoisotopic (exact) mass is 334 g/mol. The van der Waals surface area contributed by atoms with Crippen LogP contribution in [-0.2, 0) is 9.59 Å². The van der Waals surface area contributed by atoms with Crippen molar-refractivity contribution < 1.29 is 19.1 Å². The van der Waals surface area contributed by atoms with Gasteiger partial charge in [-0.25, -0.2) is 4.39 Å². The van der Waals surface area contributed by atoms with E-state index in [1.807, 2.05) is 0 Å². The molecule has 6 heteroatoms. The summed E-state index contributed by atoms with van der Waals surface area (Å²) >= 11 is 0. The molecule has 1 aliphatic heterocycles. The van der Waals surface area contributed by atoms with Gasteiger partial charge < -0.3 is 15.3 Å². The van der Waals surface area contributed by atoms with Gasteiger partial charge in [0.1, 0.15) is 5.82 Å². The molecule has 0 bridgehead atoms. The molecule has 0 aromatic heterocycles. The Bertz CT molecular complexity index is 619. The summed E-state index contributed by atoms with van der Waals surface area (Å²) in [5, 5.41) is 13.0. The van der Waals surface area contributed by atoms with Crippen molar-refractivity contribution in [2.75, 3.05) is 7.05 Å². The van der Waals surface area contributed by atoms with Crippen molar-refractivity contribution in [2.45, 2.75) is 50.3 Å². The summed E-state index contributed by atoms with van der Waals surface area (Å²) in [5.41, 5.74) is 0.745. The van der Waals surface area contributed by atoms with Crippen molar-refractivity contribution in [3.63, 3.8) is 0 Å². The molecule has 1 saturated carbocycles. The Morgan fingerprint density at radius 2 is 1.92 bits per heavy atom. The zero-order chi connectivity index (χ0) is 17.3. The highest BCUT2D eigenvalue weighted by molar-refractivity contribution is 5.90. The van der Waals surface area contributed by atoms with E-state index in [1.54, 1.807) is 24.1 Å². The first-order valence-corrected chi connectivity index (χ1v) is 8.47. The maximum Gasteiger partial charge on any atom is 0.226 e. The first kappa shape index (κ1) is 16.9. The van der Waals surface area contributed by atoms with E-state index < -0.39 is 18.1 Å². The number of nitrogens with zero attached hydrogens (tertiary/aromatic N) is 1. The van der Waals surface area contributed by atoms with Gasteiger partial charge in [0, 0.05) is 13.5 Å². The van der Waals surface area contributed by atoms with Crippen LogP contribution < -0.4 is 5.32 Å². The third-order valence-electron chi connectivity index (χ3n) is 5.19. The van der Waals surface area contributed by atoms with Crippen LogP contribution in [0.3, 0.4) is 0 Å². The number of carbonyl (C=O) groups excluding carboxylic acids is 2. The summed E-state index contributed by atoms with van der Waals surface area (Å²) in [6.07, 6.45) is 3.00. The number of nitrogens with one attached hydrogen (secondary N) is 1. The Morgan fingerprint density at radius 3 is 2.58 bits per heavy atom. The molecule has 2 amide bonds. The van der Waals surface area contributed by atoms with E-state index in [2.05, 4.69) is 5.32 Å². The normalized spacial score (nSPS) is 30.5. The lowest BCUT2D eigenvalue weighted by Crippen LogP contribution is -2.47. The molecule has 1 aromatic carbocycles. The van der Waals surface area contributed by atoms with Crippen LogP contribution in [0, 0.1) is 11.7 Å². The fourth-order valence-corrected chi connectivity index (χ4v) is 3.79. The molecule has 1 aliphatic carbocycles. The number of amides is 2. The number of rotatable bonds is 3. The maximum atomic E-state index is 13.2. The summed E-state index contributed by atoms with van der Waals surface area (Å²) in [7, 11) is 1.67. The van der Waals surface area contributed by atoms with Crippen LogP contribution in [0.2, 0.25) is 0 Å². The smallest absolute Gasteiger partial charge is 0.226 e. The van der Waals surface area contributed by atoms with Crippen LogP contribution in [0.5, 0.6) is 0 Å². The van der Waals surface area contributed by atoms with E-state index in [4.69, 9.17) is 0 Å². The molecule has 4 atom stereocenters. The Labute approximate surface area is 140 Å². The highest BCUT2D eigenvalue weighted by Crippen LogP contribution is 2.37. The number of benzene rings is 1. The van der Waals surface area contributed by atoms with Crippen LogP contribution in [-0.4, -0.2) is 41.0 Å². The molecule has 130 valence electrons. The number of halogens is 1. The van der Waals surface area contributed by atoms with E-state index in [9.17, 15) is 19.1 Å². The first-order chi connectivity index (χ1) is 11.5. The maximum absolute atomic E-state index is 13.2. The Kier molecular flexibility index (Phi) is 4.85. The lowest BCUT2D eigenvalue weighted by molar-refractivity contribution is -0.129. The molecular weight excluding hydrogens is 311 g/mol. The van der Waals surface area contributed by atoms with Gasteiger partial charge >= 0.3 is 0 Å². The third kappa shape index (κ3) is 3.29. The fourth-order valence-electron chi connectivity index (χ4n) is 3.79. The largest absolute Gasteiger partial charge is 0.391 e. The fraction of sp³-hybridized carbons (Fsp3) is 0.556. The third-order valence-corrected chi connectivity index (χ3v) is 5.19. The molecule has 0 spiro atoms. The second-order valence-corrected chi connectivity index (χ2v) is 6.78. The lowest BCUT2D eigenvalue weighted by atomic mass is 9.89. The van der Waals surface area contributed by atoms with Gasteiger partial charge in [0.25, 0.3) is 0 Å². The molecular formula is C18H23FN2O3. The highest BCUT2D eigenvalue weighted by Gasteiger charge is 2.43. The van der Waals surface area contributed by atoms with Crippen molar-refractivity contribution in [2.24, 2.45) is 5.92 Å². The summed E-state index contributed by atoms with van der Waals surface area (Å²) in [4.78, 5) is 26.4. The van der Waals surface area contributed by atoms with Crippen molar-refractivity contribution in [1.29, 1.82) is 0 Å². The molecule has 2 fully saturated rings. The van der Waals surface area contributed by atoms with Gasteiger partial charge in [-0.2, -0.15) is 0 Å². The molecule has 1 aromatic rings. The molecule has 1 saturated heterocycles. The predicted molar refractivity (Wildman–Crippen MR) is 86.4 cm³/mol. The number of carbonyl (C=O) groups is 2. The van der Waals surface area contributed by atoms with Crippen LogP contribution >= 0.6 is 0 Å². The van der Waals surface area contributed by atoms with Crippen LogP contribution in [0.25, 0.3) is 0 Å². The minimum Gasteiger partial charge on any atom is -0.391 e. The molecule has 3 rings (SSSR count). The van der Waals surface area contributed by atoms with Gasteiger partial charge in [-0.3, -0.25) is 9.59 Å². The standard InChI is InChI=1S/C18H23FN2O3/c1-21-16(23)10-13(17(21)11-6-8-12(19)9-7-11)18(24)20-14-4-2-3-5-15(14)22/h6-9,13-15,17,22H,2-5,10H2,1H3,(H,20,24). The zero-order valence-corrected chi connectivity index (χ0v) is 13.7. The molecule has 0 radical (unpaired) electrons. The Hall–Kier alpha value is -1.95. The number of hydrogen-bond acceptors (Lipinski definition) is 3. The average Bonchev–Trinajstić information content (AvgIpc) is 2.86. The van der Waals surface area contributed by atoms with Gasteiger partial charge in [0.2, 0.25) is 11.8 Å². The summed E-state index contributed by atoms with van der Waals surface area (Å²) in [6, 6.07) is 5.26. The van der Waals surface area contributed by atoms with Crippen LogP contribution in [0.15, 0.2) is 24.3 Å². The summed E-state index contributed by atoms with van der Waals surface area (Å²) in [5.74, 6) is -1.19. The number of likely N-dealkylation sites (tertiary alicyclic amines) is 1. The zero-order valence-electron chi connectivity index (χ0n) is 13.7. The van der Waals surface area contributed by atoms with E-state index in [0.717, 1.165) is 24.8 Å². The van der Waals surface area contributed by atoms with Gasteiger partial charge in [-0.05, 0) is 30.5 Å². The quantitative estimate of drug-likeness (QED) is 0.885. The second kappa shape index (κ2) is 6.89. The second-order valence-electron chi connectivity index (χ2n) is 6.78. The van der Waals surface area contributed by atoms with E-state index in [-0.39, 0.29) is 30.1 Å². The predicted octanol–water partition coefficient (Wildman–Crippen LogP) is 1.76. The van der Waals surface area contributed by atoms with Gasteiger partial charge in [-0.1, -0.05) is 25.0 Å². The minimum atomic E-state index is -0.526. The van der Waals surface area contributed by atoms with Crippen molar-refractivity contribution >= 4 is 11.8 Å². The number of aliphatic hydroxyl groups excluding tert-OH is 1. The molecule has 24 heavy (non-hydrogen) atoms. The highest BCUT2D eigenvalue weighted by atomic mass is 19.1. The molecule has 4 unspecified atom stereocenters. The first-order valence-electron chi connectivity index (χ1n) is 8.47. The summed E-state index contributed by atoms with van der Waals surface area (Å²) in [6.45, 7) is 0. The van der Waals surface area contributed by atoms with Crippen molar-refractivity contribution in [3.05, 3.63) is 35.6 Å². The van der Waals surface area contributed by atoms with Gasteiger partial charge in [0.15, 0.2) is 0 Å². The minimum absolute atomic E-state index is 0.103. The van der Waals surface area contributed by atoms with Gasteiger partial charge in [-0.15, -0.1) is 0 Å². The molecule has 5 nitrogen and oxygen atoms in total. The molecule has 2 aliphatic rings. The SMILES string of the molecule is CN1C(=O)CC(C(=O)NC2CCCCC2O)C1c1ccc(F)cc1.